The lowest BCUT2D eigenvalue weighted by atomic mass is 9.79. The molecule has 13 heteroatoms. The van der Waals surface area contributed by atoms with Crippen molar-refractivity contribution in [1.29, 1.82) is 0 Å². The molecule has 3 heterocycles. The zero-order valence-electron chi connectivity index (χ0n) is 20.9. The average molecular weight is 570 g/mol. The normalized spacial score (nSPS) is 16.7. The smallest absolute Gasteiger partial charge is 0.416 e. The Bertz CT molecular complexity index is 1620. The van der Waals surface area contributed by atoms with Crippen LogP contribution in [-0.4, -0.2) is 37.0 Å². The number of nitrogens with zero attached hydrogens (tertiary/aromatic N) is 3. The Hall–Kier alpha value is -4.36. The highest BCUT2D eigenvalue weighted by Crippen LogP contribution is 2.44. The van der Waals surface area contributed by atoms with Gasteiger partial charge < -0.3 is 20.8 Å². The highest BCUT2D eigenvalue weighted by Gasteiger charge is 2.39. The van der Waals surface area contributed by atoms with Gasteiger partial charge in [0.15, 0.2) is 0 Å². The van der Waals surface area contributed by atoms with Crippen LogP contribution in [0.1, 0.15) is 51.8 Å². The number of pyridine rings is 2. The lowest BCUT2D eigenvalue weighted by Gasteiger charge is -2.33. The first-order valence-electron chi connectivity index (χ1n) is 12.1. The number of nitrogens with one attached hydrogen (secondary N) is 2. The van der Waals surface area contributed by atoms with Gasteiger partial charge in [0.05, 0.1) is 21.7 Å². The third kappa shape index (κ3) is 5.51. The van der Waals surface area contributed by atoms with Crippen molar-refractivity contribution < 1.29 is 33.0 Å². The number of carbonyl (C=O) groups excluding carboxylic acids is 1. The van der Waals surface area contributed by atoms with Crippen LogP contribution in [0.15, 0.2) is 54.9 Å². The highest BCUT2D eigenvalue weighted by molar-refractivity contribution is 7.15. The minimum Gasteiger partial charge on any atom is -0.478 e. The zero-order valence-corrected chi connectivity index (χ0v) is 21.7. The third-order valence-electron chi connectivity index (χ3n) is 6.38. The van der Waals surface area contributed by atoms with Crippen molar-refractivity contribution in [3.05, 3.63) is 82.1 Å². The van der Waals surface area contributed by atoms with Gasteiger partial charge in [0.25, 0.3) is 0 Å². The lowest BCUT2D eigenvalue weighted by Crippen LogP contribution is -2.32. The van der Waals surface area contributed by atoms with Crippen LogP contribution in [0.4, 0.5) is 30.5 Å². The number of aromatic carboxylic acids is 1. The maximum Gasteiger partial charge on any atom is 0.416 e. The molecule has 0 saturated carbocycles. The Kier molecular flexibility index (Phi) is 7.02. The second kappa shape index (κ2) is 10.3. The van der Waals surface area contributed by atoms with Gasteiger partial charge in [-0.1, -0.05) is 6.07 Å². The van der Waals surface area contributed by atoms with Crippen molar-refractivity contribution >= 4 is 40.5 Å². The predicted octanol–water partition coefficient (Wildman–Crippen LogP) is 5.59. The molecule has 1 amide bonds. The third-order valence-corrected chi connectivity index (χ3v) is 7.55. The summed E-state index contributed by atoms with van der Waals surface area (Å²) in [5.41, 5.74) is -0.177. The summed E-state index contributed by atoms with van der Waals surface area (Å²) in [6.07, 6.45) is -0.383. The van der Waals surface area contributed by atoms with Crippen LogP contribution >= 0.6 is 11.3 Å². The molecule has 0 fully saturated rings. The number of alkyl halides is 3. The van der Waals surface area contributed by atoms with Crippen LogP contribution < -0.4 is 10.6 Å². The molecule has 0 spiro atoms. The standard InChI is InChI=1S/C27H22F3N5O4S/c1-14(36)33-18-11-20(34-23(12-18)35-22-10-17(6-8-31-22)27(28,29)30)21-13-32-25(40-21)26(39)7-2-3-15-9-16(24(37)38)4-5-19(15)26/h4-6,8-13,39H,2-3,7H2,1H3,(H,37,38)(H2,31,33,34,35,36)/t26-/m0/s1. The molecule has 0 unspecified atom stereocenters. The summed E-state index contributed by atoms with van der Waals surface area (Å²) in [7, 11) is 0. The molecule has 4 aromatic rings. The molecule has 4 N–H and O–H groups in total. The quantitative estimate of drug-likeness (QED) is 0.236. The number of hydrogen-bond donors (Lipinski definition) is 4. The molecule has 0 bridgehead atoms. The fraction of sp³-hybridized carbons (Fsp3) is 0.222. The predicted molar refractivity (Wildman–Crippen MR) is 142 cm³/mol. The Morgan fingerprint density at radius 3 is 2.60 bits per heavy atom. The van der Waals surface area contributed by atoms with Crippen molar-refractivity contribution in [1.82, 2.24) is 15.0 Å². The molecule has 0 radical (unpaired) electrons. The molecule has 1 atom stereocenters. The first kappa shape index (κ1) is 27.2. The largest absolute Gasteiger partial charge is 0.478 e. The van der Waals surface area contributed by atoms with Gasteiger partial charge in [0, 0.05) is 31.1 Å². The monoisotopic (exact) mass is 569 g/mol. The van der Waals surface area contributed by atoms with Gasteiger partial charge in [0.2, 0.25) is 5.91 Å². The van der Waals surface area contributed by atoms with Gasteiger partial charge in [-0.05, 0) is 60.7 Å². The number of aromatic nitrogens is 3. The summed E-state index contributed by atoms with van der Waals surface area (Å²) >= 11 is 1.17. The van der Waals surface area contributed by atoms with E-state index in [0.29, 0.717) is 46.1 Å². The second-order valence-corrected chi connectivity index (χ2v) is 10.3. The summed E-state index contributed by atoms with van der Waals surface area (Å²) in [4.78, 5) is 36.6. The number of fused-ring (bicyclic) bond motifs is 1. The van der Waals surface area contributed by atoms with Crippen molar-refractivity contribution in [3.63, 3.8) is 0 Å². The molecular weight excluding hydrogens is 547 g/mol. The van der Waals surface area contributed by atoms with Gasteiger partial charge in [-0.2, -0.15) is 13.2 Å². The van der Waals surface area contributed by atoms with E-state index in [4.69, 9.17) is 0 Å². The Morgan fingerprint density at radius 2 is 1.88 bits per heavy atom. The van der Waals surface area contributed by atoms with Crippen molar-refractivity contribution in [3.8, 4) is 10.6 Å². The van der Waals surface area contributed by atoms with Crippen LogP contribution in [0.5, 0.6) is 0 Å². The van der Waals surface area contributed by atoms with E-state index in [0.717, 1.165) is 23.9 Å². The molecule has 40 heavy (non-hydrogen) atoms. The Labute approximate surface area is 229 Å². The van der Waals surface area contributed by atoms with E-state index >= 15 is 0 Å². The van der Waals surface area contributed by atoms with Gasteiger partial charge in [-0.15, -0.1) is 11.3 Å². The summed E-state index contributed by atoms with van der Waals surface area (Å²) in [6, 6.07) is 9.37. The molecule has 0 aliphatic heterocycles. The summed E-state index contributed by atoms with van der Waals surface area (Å²) in [5, 5.41) is 26.8. The highest BCUT2D eigenvalue weighted by atomic mass is 32.1. The number of thiazole rings is 1. The fourth-order valence-corrected chi connectivity index (χ4v) is 5.62. The number of anilines is 3. The molecule has 0 saturated heterocycles. The molecule has 1 aromatic carbocycles. The second-order valence-electron chi connectivity index (χ2n) is 9.28. The van der Waals surface area contributed by atoms with Crippen molar-refractivity contribution in [2.45, 2.75) is 38.0 Å². The fourth-order valence-electron chi connectivity index (χ4n) is 4.61. The number of hydrogen-bond acceptors (Lipinski definition) is 8. The maximum absolute atomic E-state index is 13.2. The number of amides is 1. The molecule has 3 aromatic heterocycles. The van der Waals surface area contributed by atoms with E-state index in [1.54, 1.807) is 18.2 Å². The maximum atomic E-state index is 13.2. The number of carboxylic acid groups (broad SMARTS) is 1. The SMILES string of the molecule is CC(=O)Nc1cc(Nc2cc(C(F)(F)F)ccn2)nc(-c2cnc([C@]3(O)CCCc4cc(C(=O)O)ccc43)s2)c1. The minimum absolute atomic E-state index is 0.0907. The number of aliphatic hydroxyl groups is 1. The number of carbonyl (C=O) groups is 2. The molecular formula is C27H22F3N5O4S. The molecule has 1 aliphatic rings. The number of carboxylic acids is 1. The van der Waals surface area contributed by atoms with Crippen LogP contribution in [-0.2, 0) is 23.0 Å². The van der Waals surface area contributed by atoms with E-state index in [2.05, 4.69) is 25.6 Å². The van der Waals surface area contributed by atoms with Gasteiger partial charge in [-0.3, -0.25) is 4.79 Å². The van der Waals surface area contributed by atoms with Gasteiger partial charge in [0.1, 0.15) is 22.2 Å². The number of halogens is 3. The topological polar surface area (TPSA) is 137 Å². The van der Waals surface area contributed by atoms with E-state index in [-0.39, 0.29) is 23.1 Å². The molecule has 9 nitrogen and oxygen atoms in total. The average Bonchev–Trinajstić information content (AvgIpc) is 3.39. The minimum atomic E-state index is -4.55. The number of aryl methyl sites for hydroxylation is 1. The summed E-state index contributed by atoms with van der Waals surface area (Å²) < 4.78 is 39.5. The summed E-state index contributed by atoms with van der Waals surface area (Å²) in [6.45, 7) is 1.32. The summed E-state index contributed by atoms with van der Waals surface area (Å²) in [5.74, 6) is -1.37. The Balaban J connectivity index is 1.51. The Morgan fingerprint density at radius 1 is 1.07 bits per heavy atom. The van der Waals surface area contributed by atoms with Gasteiger partial charge in [-0.25, -0.2) is 19.7 Å². The number of benzene rings is 1. The van der Waals surface area contributed by atoms with E-state index in [1.165, 1.54) is 36.6 Å². The van der Waals surface area contributed by atoms with Crippen LogP contribution in [0.3, 0.4) is 0 Å². The van der Waals surface area contributed by atoms with E-state index in [9.17, 15) is 33.0 Å². The van der Waals surface area contributed by atoms with E-state index < -0.39 is 23.3 Å². The molecule has 1 aliphatic carbocycles. The van der Waals surface area contributed by atoms with Crippen molar-refractivity contribution in [2.24, 2.45) is 0 Å². The van der Waals surface area contributed by atoms with E-state index in [1.807, 2.05) is 0 Å². The first-order valence-corrected chi connectivity index (χ1v) is 12.9. The molecule has 5 rings (SSSR count). The molecule has 206 valence electrons. The van der Waals surface area contributed by atoms with Crippen molar-refractivity contribution in [2.75, 3.05) is 10.6 Å². The zero-order chi connectivity index (χ0) is 28.7. The lowest BCUT2D eigenvalue weighted by molar-refractivity contribution is -0.137. The van der Waals surface area contributed by atoms with Crippen LogP contribution in [0, 0.1) is 0 Å². The first-order chi connectivity index (χ1) is 18.9. The van der Waals surface area contributed by atoms with Crippen LogP contribution in [0.25, 0.3) is 10.6 Å². The van der Waals surface area contributed by atoms with Gasteiger partial charge >= 0.3 is 12.1 Å². The van der Waals surface area contributed by atoms with Crippen LogP contribution in [0.2, 0.25) is 0 Å². The number of rotatable bonds is 6.